The molecule has 1 atom stereocenters. The van der Waals surface area contributed by atoms with E-state index in [4.69, 9.17) is 14.7 Å². The first kappa shape index (κ1) is 15.4. The van der Waals surface area contributed by atoms with Gasteiger partial charge in [-0.15, -0.1) is 0 Å². The highest BCUT2D eigenvalue weighted by Gasteiger charge is 2.25. The standard InChI is InChI=1S/C16H27N3O/c1-6-20-15(11(4)5)16-18-13-9-17-8-7-12(13)14(19-16)10(2)3/h10-11,15,17H,6-9H2,1-5H3. The van der Waals surface area contributed by atoms with Crippen molar-refractivity contribution in [3.05, 3.63) is 22.8 Å². The highest BCUT2D eigenvalue weighted by Crippen LogP contribution is 2.28. The fourth-order valence-electron chi connectivity index (χ4n) is 2.76. The first-order valence-corrected chi connectivity index (χ1v) is 7.76. The Labute approximate surface area is 122 Å². The van der Waals surface area contributed by atoms with Gasteiger partial charge in [0.2, 0.25) is 0 Å². The summed E-state index contributed by atoms with van der Waals surface area (Å²) >= 11 is 0. The molecule has 0 fully saturated rings. The first-order valence-electron chi connectivity index (χ1n) is 7.76. The van der Waals surface area contributed by atoms with Crippen LogP contribution in [0.1, 0.15) is 69.4 Å². The lowest BCUT2D eigenvalue weighted by Crippen LogP contribution is -2.28. The maximum atomic E-state index is 5.87. The number of nitrogens with zero attached hydrogens (tertiary/aromatic N) is 2. The molecule has 0 aliphatic carbocycles. The van der Waals surface area contributed by atoms with E-state index < -0.39 is 0 Å². The molecule has 112 valence electrons. The molecular formula is C16H27N3O. The van der Waals surface area contributed by atoms with Gasteiger partial charge >= 0.3 is 0 Å². The van der Waals surface area contributed by atoms with Gasteiger partial charge in [0, 0.05) is 13.2 Å². The number of hydrogen-bond acceptors (Lipinski definition) is 4. The minimum absolute atomic E-state index is 0.00951. The van der Waals surface area contributed by atoms with Crippen molar-refractivity contribution in [1.29, 1.82) is 0 Å². The van der Waals surface area contributed by atoms with Crippen molar-refractivity contribution in [3.8, 4) is 0 Å². The average molecular weight is 277 g/mol. The zero-order valence-corrected chi connectivity index (χ0v) is 13.4. The molecule has 0 saturated carbocycles. The number of fused-ring (bicyclic) bond motifs is 1. The van der Waals surface area contributed by atoms with Gasteiger partial charge in [-0.1, -0.05) is 27.7 Å². The summed E-state index contributed by atoms with van der Waals surface area (Å²) in [6.07, 6.45) is 1.02. The van der Waals surface area contributed by atoms with Crippen LogP contribution in [-0.2, 0) is 17.7 Å². The van der Waals surface area contributed by atoms with Gasteiger partial charge < -0.3 is 10.1 Å². The second kappa shape index (κ2) is 6.64. The van der Waals surface area contributed by atoms with Crippen LogP contribution in [0.25, 0.3) is 0 Å². The van der Waals surface area contributed by atoms with E-state index in [0.717, 1.165) is 31.0 Å². The van der Waals surface area contributed by atoms with Gasteiger partial charge in [-0.25, -0.2) is 9.97 Å². The van der Waals surface area contributed by atoms with Gasteiger partial charge in [-0.2, -0.15) is 0 Å². The van der Waals surface area contributed by atoms with E-state index >= 15 is 0 Å². The van der Waals surface area contributed by atoms with Gasteiger partial charge in [0.25, 0.3) is 0 Å². The topological polar surface area (TPSA) is 47.0 Å². The molecule has 1 aromatic rings. The van der Waals surface area contributed by atoms with Crippen molar-refractivity contribution in [1.82, 2.24) is 15.3 Å². The first-order chi connectivity index (χ1) is 9.54. The second-order valence-corrected chi connectivity index (χ2v) is 6.09. The summed E-state index contributed by atoms with van der Waals surface area (Å²) in [5.41, 5.74) is 3.72. The molecule has 1 aromatic heterocycles. The molecule has 20 heavy (non-hydrogen) atoms. The van der Waals surface area contributed by atoms with Crippen LogP contribution in [0.4, 0.5) is 0 Å². The Morgan fingerprint density at radius 1 is 1.20 bits per heavy atom. The van der Waals surface area contributed by atoms with E-state index in [1.807, 2.05) is 6.92 Å². The van der Waals surface area contributed by atoms with Crippen LogP contribution in [0, 0.1) is 5.92 Å². The molecular weight excluding hydrogens is 250 g/mol. The summed E-state index contributed by atoms with van der Waals surface area (Å²) in [5, 5.41) is 3.40. The molecule has 4 nitrogen and oxygen atoms in total. The van der Waals surface area contributed by atoms with Crippen LogP contribution in [0.15, 0.2) is 0 Å². The predicted octanol–water partition coefficient (Wildman–Crippen LogP) is 2.98. The van der Waals surface area contributed by atoms with Crippen LogP contribution >= 0.6 is 0 Å². The zero-order chi connectivity index (χ0) is 14.7. The van der Waals surface area contributed by atoms with Crippen LogP contribution in [-0.4, -0.2) is 23.1 Å². The molecule has 0 aromatic carbocycles. The highest BCUT2D eigenvalue weighted by molar-refractivity contribution is 5.31. The van der Waals surface area contributed by atoms with Gasteiger partial charge in [-0.05, 0) is 37.3 Å². The smallest absolute Gasteiger partial charge is 0.157 e. The average Bonchev–Trinajstić information content (AvgIpc) is 2.43. The molecule has 4 heteroatoms. The summed E-state index contributed by atoms with van der Waals surface area (Å²) in [6, 6.07) is 0. The lowest BCUT2D eigenvalue weighted by Gasteiger charge is -2.25. The maximum Gasteiger partial charge on any atom is 0.157 e. The van der Waals surface area contributed by atoms with Gasteiger partial charge in [-0.3, -0.25) is 0 Å². The Hall–Kier alpha value is -1.00. The molecule has 1 unspecified atom stereocenters. The number of aromatic nitrogens is 2. The van der Waals surface area contributed by atoms with Crippen molar-refractivity contribution >= 4 is 0 Å². The Bertz CT molecular complexity index is 457. The van der Waals surface area contributed by atoms with Crippen LogP contribution in [0.5, 0.6) is 0 Å². The predicted molar refractivity (Wildman–Crippen MR) is 80.7 cm³/mol. The Kier molecular flexibility index (Phi) is 5.11. The van der Waals surface area contributed by atoms with Crippen molar-refractivity contribution in [2.45, 2.75) is 59.6 Å². The zero-order valence-electron chi connectivity index (χ0n) is 13.4. The fraction of sp³-hybridized carbons (Fsp3) is 0.750. The van der Waals surface area contributed by atoms with Crippen LogP contribution in [0.3, 0.4) is 0 Å². The highest BCUT2D eigenvalue weighted by atomic mass is 16.5. The van der Waals surface area contributed by atoms with Crippen molar-refractivity contribution in [2.24, 2.45) is 5.92 Å². The molecule has 0 bridgehead atoms. The van der Waals surface area contributed by atoms with Gasteiger partial charge in [0.15, 0.2) is 5.82 Å². The molecule has 0 radical (unpaired) electrons. The van der Waals surface area contributed by atoms with Crippen molar-refractivity contribution in [2.75, 3.05) is 13.2 Å². The maximum absolute atomic E-state index is 5.87. The number of ether oxygens (including phenoxy) is 1. The summed E-state index contributed by atoms with van der Waals surface area (Å²) in [4.78, 5) is 9.66. The second-order valence-electron chi connectivity index (χ2n) is 6.09. The number of hydrogen-bond donors (Lipinski definition) is 1. The van der Waals surface area contributed by atoms with Crippen molar-refractivity contribution in [3.63, 3.8) is 0 Å². The minimum atomic E-state index is -0.00951. The summed E-state index contributed by atoms with van der Waals surface area (Å²) in [5.74, 6) is 1.66. The molecule has 2 heterocycles. The normalized spacial score (nSPS) is 16.6. The third-order valence-electron chi connectivity index (χ3n) is 3.74. The fourth-order valence-corrected chi connectivity index (χ4v) is 2.76. The lowest BCUT2D eigenvalue weighted by molar-refractivity contribution is 0.0228. The SMILES string of the molecule is CCOC(c1nc2c(c(C(C)C)n1)CCNC2)C(C)C. The molecule has 1 aliphatic rings. The third-order valence-corrected chi connectivity index (χ3v) is 3.74. The molecule has 0 amide bonds. The van der Waals surface area contributed by atoms with E-state index in [1.54, 1.807) is 0 Å². The van der Waals surface area contributed by atoms with E-state index in [0.29, 0.717) is 18.4 Å². The van der Waals surface area contributed by atoms with E-state index in [1.165, 1.54) is 11.3 Å². The number of rotatable bonds is 5. The number of nitrogens with one attached hydrogen (secondary N) is 1. The van der Waals surface area contributed by atoms with E-state index in [-0.39, 0.29) is 6.10 Å². The van der Waals surface area contributed by atoms with Gasteiger partial charge in [0.1, 0.15) is 6.10 Å². The molecule has 0 spiro atoms. The quantitative estimate of drug-likeness (QED) is 0.899. The Balaban J connectivity index is 2.45. The van der Waals surface area contributed by atoms with Crippen molar-refractivity contribution < 1.29 is 4.74 Å². The molecule has 1 N–H and O–H groups in total. The molecule has 2 rings (SSSR count). The summed E-state index contributed by atoms with van der Waals surface area (Å²) in [6.45, 7) is 13.3. The summed E-state index contributed by atoms with van der Waals surface area (Å²) < 4.78 is 5.87. The van der Waals surface area contributed by atoms with Gasteiger partial charge in [0.05, 0.1) is 11.4 Å². The summed E-state index contributed by atoms with van der Waals surface area (Å²) in [7, 11) is 0. The Morgan fingerprint density at radius 3 is 2.55 bits per heavy atom. The molecule has 0 saturated heterocycles. The third kappa shape index (κ3) is 3.18. The minimum Gasteiger partial charge on any atom is -0.370 e. The monoisotopic (exact) mass is 277 g/mol. The van der Waals surface area contributed by atoms with Crippen LogP contribution < -0.4 is 5.32 Å². The van der Waals surface area contributed by atoms with Crippen LogP contribution in [0.2, 0.25) is 0 Å². The largest absolute Gasteiger partial charge is 0.370 e. The van der Waals surface area contributed by atoms with E-state index in [2.05, 4.69) is 33.0 Å². The van der Waals surface area contributed by atoms with E-state index in [9.17, 15) is 0 Å². The molecule has 1 aliphatic heterocycles. The Morgan fingerprint density at radius 2 is 1.95 bits per heavy atom. The lowest BCUT2D eigenvalue weighted by atomic mass is 9.96.